The van der Waals surface area contributed by atoms with Crippen LogP contribution in [0.1, 0.15) is 23.6 Å². The van der Waals surface area contributed by atoms with Gasteiger partial charge in [-0.2, -0.15) is 5.10 Å². The fourth-order valence-electron chi connectivity index (χ4n) is 3.73. The monoisotopic (exact) mass is 428 g/mol. The Balaban J connectivity index is 1.53. The second-order valence-electron chi connectivity index (χ2n) is 7.29. The second kappa shape index (κ2) is 8.28. The van der Waals surface area contributed by atoms with E-state index in [1.807, 2.05) is 71.7 Å². The van der Waals surface area contributed by atoms with Gasteiger partial charge in [0.1, 0.15) is 5.82 Å². The molecule has 2 heterocycles. The average Bonchev–Trinajstić information content (AvgIpc) is 3.26. The molecule has 4 aromatic rings. The van der Waals surface area contributed by atoms with Crippen LogP contribution in [0.15, 0.2) is 96.1 Å². The lowest BCUT2D eigenvalue weighted by Gasteiger charge is -2.22. The molecule has 0 saturated heterocycles. The van der Waals surface area contributed by atoms with Crippen molar-refractivity contribution in [3.05, 3.63) is 113 Å². The maximum atomic E-state index is 13.5. The van der Waals surface area contributed by atoms with E-state index in [0.29, 0.717) is 17.3 Å². The summed E-state index contributed by atoms with van der Waals surface area (Å²) in [6.07, 6.45) is 0.623. The largest absolute Gasteiger partial charge is 0.238 e. The molecule has 5 rings (SSSR count). The fraction of sp³-hybridized carbons (Fsp3) is 0.0800. The molecule has 0 radical (unpaired) electrons. The Morgan fingerprint density at radius 1 is 0.806 bits per heavy atom. The first-order valence-electron chi connectivity index (χ1n) is 9.95. The maximum absolute atomic E-state index is 13.5. The summed E-state index contributed by atoms with van der Waals surface area (Å²) in [5, 5.41) is 16.2. The Bertz CT molecular complexity index is 1220. The molecule has 0 fully saturated rings. The van der Waals surface area contributed by atoms with E-state index in [9.17, 15) is 4.39 Å². The highest BCUT2D eigenvalue weighted by Crippen LogP contribution is 2.37. The van der Waals surface area contributed by atoms with Gasteiger partial charge in [-0.3, -0.25) is 0 Å². The molecule has 0 amide bonds. The third-order valence-electron chi connectivity index (χ3n) is 5.30. The number of nitrogens with zero attached hydrogens (tertiary/aromatic N) is 4. The number of rotatable bonds is 4. The summed E-state index contributed by atoms with van der Waals surface area (Å²) in [5.74, 6) is 0.351. The van der Waals surface area contributed by atoms with Gasteiger partial charge >= 0.3 is 0 Å². The van der Waals surface area contributed by atoms with Crippen LogP contribution in [-0.4, -0.2) is 15.9 Å². The van der Waals surface area contributed by atoms with Crippen LogP contribution in [-0.2, 0) is 0 Å². The highest BCUT2D eigenvalue weighted by atomic mass is 35.5. The van der Waals surface area contributed by atoms with Gasteiger partial charge in [-0.15, -0.1) is 10.2 Å². The third kappa shape index (κ3) is 3.92. The molecule has 1 atom stereocenters. The van der Waals surface area contributed by atoms with Crippen LogP contribution < -0.4 is 5.01 Å². The molecule has 3 aromatic carbocycles. The molecule has 1 aliphatic rings. The van der Waals surface area contributed by atoms with Gasteiger partial charge in [-0.25, -0.2) is 9.40 Å². The van der Waals surface area contributed by atoms with E-state index < -0.39 is 0 Å². The Hall–Kier alpha value is -3.57. The van der Waals surface area contributed by atoms with Crippen LogP contribution in [0, 0.1) is 5.82 Å². The van der Waals surface area contributed by atoms with Crippen molar-refractivity contribution in [1.82, 2.24) is 10.2 Å². The summed E-state index contributed by atoms with van der Waals surface area (Å²) < 4.78 is 13.5. The SMILES string of the molecule is Fc1ccc(C2CC(c3ccccc3Cl)=NN2c2ccc(-c3ccccc3)nn2)cc1. The van der Waals surface area contributed by atoms with Gasteiger partial charge in [0.25, 0.3) is 0 Å². The zero-order valence-corrected chi connectivity index (χ0v) is 17.2. The molecule has 0 bridgehead atoms. The molecule has 152 valence electrons. The summed E-state index contributed by atoms with van der Waals surface area (Å²) in [4.78, 5) is 0. The molecule has 4 nitrogen and oxygen atoms in total. The Morgan fingerprint density at radius 2 is 1.55 bits per heavy atom. The molecule has 0 spiro atoms. The standard InChI is InChI=1S/C25H18ClFN4/c26-21-9-5-4-8-20(21)23-16-24(18-10-12-19(27)13-11-18)31(30-23)25-15-14-22(28-29-25)17-6-2-1-3-7-17/h1-15,24H,16H2. The first-order valence-corrected chi connectivity index (χ1v) is 10.3. The average molecular weight is 429 g/mol. The van der Waals surface area contributed by atoms with Gasteiger partial charge < -0.3 is 0 Å². The predicted octanol–water partition coefficient (Wildman–Crippen LogP) is 6.29. The van der Waals surface area contributed by atoms with Crippen molar-refractivity contribution >= 4 is 23.1 Å². The topological polar surface area (TPSA) is 41.4 Å². The summed E-state index contributed by atoms with van der Waals surface area (Å²) in [6.45, 7) is 0. The molecule has 31 heavy (non-hydrogen) atoms. The normalized spacial score (nSPS) is 15.7. The molecule has 0 N–H and O–H groups in total. The summed E-state index contributed by atoms with van der Waals surface area (Å²) >= 11 is 6.42. The van der Waals surface area contributed by atoms with Gasteiger partial charge in [0.2, 0.25) is 0 Å². The van der Waals surface area contributed by atoms with Crippen molar-refractivity contribution in [2.45, 2.75) is 12.5 Å². The first-order chi connectivity index (χ1) is 15.2. The van der Waals surface area contributed by atoms with Gasteiger partial charge in [-0.1, -0.05) is 72.3 Å². The third-order valence-corrected chi connectivity index (χ3v) is 5.63. The van der Waals surface area contributed by atoms with Crippen molar-refractivity contribution in [1.29, 1.82) is 0 Å². The highest BCUT2D eigenvalue weighted by Gasteiger charge is 2.31. The van der Waals surface area contributed by atoms with E-state index >= 15 is 0 Å². The number of hydrazone groups is 1. The van der Waals surface area contributed by atoms with E-state index in [0.717, 1.165) is 28.1 Å². The Labute approximate surface area is 184 Å². The van der Waals surface area contributed by atoms with Crippen molar-refractivity contribution in [2.75, 3.05) is 5.01 Å². The number of hydrogen-bond acceptors (Lipinski definition) is 4. The number of benzene rings is 3. The minimum atomic E-state index is -0.271. The smallest absolute Gasteiger partial charge is 0.172 e. The molecule has 1 aromatic heterocycles. The minimum Gasteiger partial charge on any atom is -0.238 e. The molecular formula is C25H18ClFN4. The number of aromatic nitrogens is 2. The Morgan fingerprint density at radius 3 is 2.26 bits per heavy atom. The number of halogens is 2. The van der Waals surface area contributed by atoms with E-state index in [1.54, 1.807) is 12.1 Å². The fourth-order valence-corrected chi connectivity index (χ4v) is 3.98. The van der Waals surface area contributed by atoms with E-state index in [4.69, 9.17) is 16.7 Å². The van der Waals surface area contributed by atoms with Gasteiger partial charge in [0, 0.05) is 22.6 Å². The number of anilines is 1. The highest BCUT2D eigenvalue weighted by molar-refractivity contribution is 6.34. The van der Waals surface area contributed by atoms with E-state index in [-0.39, 0.29) is 11.9 Å². The second-order valence-corrected chi connectivity index (χ2v) is 7.69. The van der Waals surface area contributed by atoms with Gasteiger partial charge in [0.15, 0.2) is 5.82 Å². The van der Waals surface area contributed by atoms with Gasteiger partial charge in [-0.05, 0) is 35.9 Å². The lowest BCUT2D eigenvalue weighted by Crippen LogP contribution is -2.20. The maximum Gasteiger partial charge on any atom is 0.172 e. The summed E-state index contributed by atoms with van der Waals surface area (Å²) in [7, 11) is 0. The van der Waals surface area contributed by atoms with Crippen LogP contribution in [0.2, 0.25) is 5.02 Å². The van der Waals surface area contributed by atoms with Crippen molar-refractivity contribution < 1.29 is 4.39 Å². The minimum absolute atomic E-state index is 0.135. The van der Waals surface area contributed by atoms with E-state index in [2.05, 4.69) is 10.2 Å². The molecule has 6 heteroatoms. The zero-order valence-electron chi connectivity index (χ0n) is 16.5. The lowest BCUT2D eigenvalue weighted by molar-refractivity contribution is 0.623. The summed E-state index contributed by atoms with van der Waals surface area (Å²) in [5.41, 5.74) is 4.47. The molecular weight excluding hydrogens is 411 g/mol. The van der Waals surface area contributed by atoms with Crippen LogP contribution in [0.25, 0.3) is 11.3 Å². The lowest BCUT2D eigenvalue weighted by atomic mass is 9.98. The van der Waals surface area contributed by atoms with Crippen molar-refractivity contribution in [2.24, 2.45) is 5.10 Å². The van der Waals surface area contributed by atoms with Crippen LogP contribution in [0.3, 0.4) is 0 Å². The van der Waals surface area contributed by atoms with Crippen molar-refractivity contribution in [3.8, 4) is 11.3 Å². The van der Waals surface area contributed by atoms with Crippen LogP contribution >= 0.6 is 11.6 Å². The molecule has 0 aliphatic carbocycles. The number of hydrogen-bond donors (Lipinski definition) is 0. The molecule has 1 aliphatic heterocycles. The Kier molecular flexibility index (Phi) is 5.18. The van der Waals surface area contributed by atoms with Crippen molar-refractivity contribution in [3.63, 3.8) is 0 Å². The van der Waals surface area contributed by atoms with Gasteiger partial charge in [0.05, 0.1) is 17.4 Å². The van der Waals surface area contributed by atoms with Crippen LogP contribution in [0.4, 0.5) is 10.2 Å². The predicted molar refractivity (Wildman–Crippen MR) is 122 cm³/mol. The molecule has 1 unspecified atom stereocenters. The zero-order chi connectivity index (χ0) is 21.2. The van der Waals surface area contributed by atoms with E-state index in [1.165, 1.54) is 12.1 Å². The van der Waals surface area contributed by atoms with Crippen LogP contribution in [0.5, 0.6) is 0 Å². The molecule has 0 saturated carbocycles. The first kappa shape index (κ1) is 19.4. The summed E-state index contributed by atoms with van der Waals surface area (Å²) in [6, 6.07) is 27.7. The quantitative estimate of drug-likeness (QED) is 0.383.